The molecule has 0 spiro atoms. The standard InChI is InChI=1S/C15H27N5O7/c1-6(12(16)24)17-13(25)7(2)18-14(26)10(5-21)20-15(27)11(8(3)22)19-9(4)23/h6-8,10-11,21-22H,5H2,1-4H3,(H2,16,24)(H,17,25)(H,18,26)(H,19,23)(H,20,27). The Labute approximate surface area is 156 Å². The second kappa shape index (κ2) is 11.1. The highest BCUT2D eigenvalue weighted by molar-refractivity contribution is 5.95. The van der Waals surface area contributed by atoms with Crippen molar-refractivity contribution < 1.29 is 34.2 Å². The predicted octanol–water partition coefficient (Wildman–Crippen LogP) is -4.16. The van der Waals surface area contributed by atoms with Crippen LogP contribution in [0.4, 0.5) is 0 Å². The van der Waals surface area contributed by atoms with Gasteiger partial charge in [0.15, 0.2) is 0 Å². The highest BCUT2D eigenvalue weighted by Crippen LogP contribution is 1.96. The number of hydrogen-bond acceptors (Lipinski definition) is 7. The maximum atomic E-state index is 12.2. The Morgan fingerprint density at radius 3 is 1.78 bits per heavy atom. The van der Waals surface area contributed by atoms with E-state index in [4.69, 9.17) is 5.73 Å². The number of nitrogens with two attached hydrogens (primary N) is 1. The number of carbonyl (C=O) groups is 5. The largest absolute Gasteiger partial charge is 0.394 e. The van der Waals surface area contributed by atoms with Gasteiger partial charge in [0, 0.05) is 6.92 Å². The van der Waals surface area contributed by atoms with Gasteiger partial charge in [-0.05, 0) is 20.8 Å². The van der Waals surface area contributed by atoms with Crippen LogP contribution in [0.25, 0.3) is 0 Å². The van der Waals surface area contributed by atoms with Crippen molar-refractivity contribution in [3.63, 3.8) is 0 Å². The molecule has 0 aliphatic heterocycles. The molecule has 0 aromatic heterocycles. The molecule has 0 bridgehead atoms. The smallest absolute Gasteiger partial charge is 0.245 e. The average molecular weight is 389 g/mol. The Morgan fingerprint density at radius 1 is 0.852 bits per heavy atom. The van der Waals surface area contributed by atoms with Crippen molar-refractivity contribution >= 4 is 29.5 Å². The van der Waals surface area contributed by atoms with Crippen LogP contribution in [0.2, 0.25) is 0 Å². The summed E-state index contributed by atoms with van der Waals surface area (Å²) in [5, 5.41) is 27.8. The minimum Gasteiger partial charge on any atom is -0.394 e. The normalized spacial score (nSPS) is 16.1. The molecular weight excluding hydrogens is 362 g/mol. The number of amides is 5. The minimum absolute atomic E-state index is 0.574. The SMILES string of the molecule is CC(=O)NC(C(=O)NC(CO)C(=O)NC(C)C(=O)NC(C)C(N)=O)C(C)O. The van der Waals surface area contributed by atoms with Crippen molar-refractivity contribution in [3.05, 3.63) is 0 Å². The van der Waals surface area contributed by atoms with Crippen molar-refractivity contribution in [2.75, 3.05) is 6.61 Å². The Morgan fingerprint density at radius 2 is 1.37 bits per heavy atom. The number of carbonyl (C=O) groups excluding carboxylic acids is 5. The van der Waals surface area contributed by atoms with Crippen LogP contribution in [0, 0.1) is 0 Å². The Kier molecular flexibility index (Phi) is 9.96. The first-order valence-electron chi connectivity index (χ1n) is 8.17. The molecule has 12 nitrogen and oxygen atoms in total. The molecule has 5 amide bonds. The summed E-state index contributed by atoms with van der Waals surface area (Å²) in [5.74, 6) is -3.81. The zero-order valence-electron chi connectivity index (χ0n) is 15.6. The molecule has 0 saturated heterocycles. The molecular formula is C15H27N5O7. The van der Waals surface area contributed by atoms with Crippen molar-refractivity contribution in [1.29, 1.82) is 0 Å². The van der Waals surface area contributed by atoms with E-state index in [1.807, 2.05) is 0 Å². The van der Waals surface area contributed by atoms with Crippen LogP contribution in [-0.2, 0) is 24.0 Å². The van der Waals surface area contributed by atoms with Crippen LogP contribution in [0.1, 0.15) is 27.7 Å². The summed E-state index contributed by atoms with van der Waals surface area (Å²) in [7, 11) is 0. The van der Waals surface area contributed by atoms with Crippen molar-refractivity contribution in [1.82, 2.24) is 21.3 Å². The molecule has 27 heavy (non-hydrogen) atoms. The predicted molar refractivity (Wildman–Crippen MR) is 92.7 cm³/mol. The number of aliphatic hydroxyl groups is 2. The monoisotopic (exact) mass is 389 g/mol. The van der Waals surface area contributed by atoms with E-state index in [1.54, 1.807) is 0 Å². The van der Waals surface area contributed by atoms with E-state index in [9.17, 15) is 34.2 Å². The zero-order valence-corrected chi connectivity index (χ0v) is 15.6. The third kappa shape index (κ3) is 8.46. The van der Waals surface area contributed by atoms with Crippen LogP contribution in [-0.4, -0.2) is 76.6 Å². The van der Waals surface area contributed by atoms with Crippen molar-refractivity contribution in [2.24, 2.45) is 5.73 Å². The topological polar surface area (TPSA) is 200 Å². The van der Waals surface area contributed by atoms with Gasteiger partial charge in [-0.3, -0.25) is 24.0 Å². The maximum Gasteiger partial charge on any atom is 0.245 e. The van der Waals surface area contributed by atoms with Gasteiger partial charge in [-0.2, -0.15) is 0 Å². The summed E-state index contributed by atoms with van der Waals surface area (Å²) >= 11 is 0. The van der Waals surface area contributed by atoms with Gasteiger partial charge in [-0.15, -0.1) is 0 Å². The van der Waals surface area contributed by atoms with Crippen LogP contribution < -0.4 is 27.0 Å². The van der Waals surface area contributed by atoms with Gasteiger partial charge in [0.1, 0.15) is 24.2 Å². The van der Waals surface area contributed by atoms with Crippen LogP contribution in [0.3, 0.4) is 0 Å². The summed E-state index contributed by atoms with van der Waals surface area (Å²) in [5.41, 5.74) is 5.03. The highest BCUT2D eigenvalue weighted by atomic mass is 16.3. The van der Waals surface area contributed by atoms with Gasteiger partial charge < -0.3 is 37.2 Å². The molecule has 0 rings (SSSR count). The average Bonchev–Trinajstić information content (AvgIpc) is 2.56. The molecule has 0 heterocycles. The van der Waals surface area contributed by atoms with E-state index in [0.717, 1.165) is 6.92 Å². The lowest BCUT2D eigenvalue weighted by molar-refractivity contribution is -0.135. The van der Waals surface area contributed by atoms with Crippen molar-refractivity contribution in [3.8, 4) is 0 Å². The lowest BCUT2D eigenvalue weighted by Gasteiger charge is -2.24. The second-order valence-corrected chi connectivity index (χ2v) is 6.03. The lowest BCUT2D eigenvalue weighted by atomic mass is 10.1. The van der Waals surface area contributed by atoms with Gasteiger partial charge in [-0.1, -0.05) is 0 Å². The third-order valence-corrected chi connectivity index (χ3v) is 3.48. The quantitative estimate of drug-likeness (QED) is 0.196. The first kappa shape index (κ1) is 24.3. The summed E-state index contributed by atoms with van der Waals surface area (Å²) in [6, 6.07) is -4.80. The van der Waals surface area contributed by atoms with E-state index in [-0.39, 0.29) is 0 Å². The first-order valence-corrected chi connectivity index (χ1v) is 8.17. The van der Waals surface area contributed by atoms with E-state index in [1.165, 1.54) is 20.8 Å². The van der Waals surface area contributed by atoms with Gasteiger partial charge in [0.25, 0.3) is 0 Å². The van der Waals surface area contributed by atoms with Gasteiger partial charge in [0.05, 0.1) is 12.7 Å². The van der Waals surface area contributed by atoms with Crippen LogP contribution in [0.15, 0.2) is 0 Å². The number of rotatable bonds is 10. The molecule has 12 heteroatoms. The Hall–Kier alpha value is -2.73. The first-order chi connectivity index (χ1) is 12.4. The van der Waals surface area contributed by atoms with Gasteiger partial charge in [-0.25, -0.2) is 0 Å². The van der Waals surface area contributed by atoms with E-state index >= 15 is 0 Å². The fourth-order valence-corrected chi connectivity index (χ4v) is 1.87. The molecule has 0 aromatic rings. The number of primary amides is 1. The molecule has 154 valence electrons. The number of aliphatic hydroxyl groups excluding tert-OH is 2. The zero-order chi connectivity index (χ0) is 21.3. The van der Waals surface area contributed by atoms with E-state index in [2.05, 4.69) is 21.3 Å². The molecule has 5 atom stereocenters. The molecule has 8 N–H and O–H groups in total. The molecule has 0 aliphatic rings. The number of nitrogens with one attached hydrogen (secondary N) is 4. The number of hydrogen-bond donors (Lipinski definition) is 7. The molecule has 0 aliphatic carbocycles. The molecule has 0 radical (unpaired) electrons. The molecule has 0 aromatic carbocycles. The highest BCUT2D eigenvalue weighted by Gasteiger charge is 2.30. The fourth-order valence-electron chi connectivity index (χ4n) is 1.87. The lowest BCUT2D eigenvalue weighted by Crippen LogP contribution is -2.59. The molecule has 0 saturated carbocycles. The summed E-state index contributed by atoms with van der Waals surface area (Å²) in [4.78, 5) is 58.2. The maximum absolute atomic E-state index is 12.2. The third-order valence-electron chi connectivity index (χ3n) is 3.48. The van der Waals surface area contributed by atoms with E-state index in [0.29, 0.717) is 0 Å². The van der Waals surface area contributed by atoms with Crippen LogP contribution in [0.5, 0.6) is 0 Å². The van der Waals surface area contributed by atoms with Gasteiger partial charge >= 0.3 is 0 Å². The summed E-state index contributed by atoms with van der Waals surface area (Å²) in [6.07, 6.45) is -1.25. The minimum atomic E-state index is -1.43. The molecule has 5 unspecified atom stereocenters. The Bertz CT molecular complexity index is 581. The summed E-state index contributed by atoms with van der Waals surface area (Å²) < 4.78 is 0. The molecule has 0 fully saturated rings. The fraction of sp³-hybridized carbons (Fsp3) is 0.667. The van der Waals surface area contributed by atoms with Crippen molar-refractivity contribution in [2.45, 2.75) is 58.0 Å². The summed E-state index contributed by atoms with van der Waals surface area (Å²) in [6.45, 7) is 4.31. The van der Waals surface area contributed by atoms with Gasteiger partial charge in [0.2, 0.25) is 29.5 Å². The second-order valence-electron chi connectivity index (χ2n) is 6.03. The van der Waals surface area contributed by atoms with Crippen LogP contribution >= 0.6 is 0 Å². The van der Waals surface area contributed by atoms with E-state index < -0.39 is 66.4 Å². The Balaban J connectivity index is 4.89.